The van der Waals surface area contributed by atoms with Gasteiger partial charge in [-0.3, -0.25) is 4.55 Å². The Morgan fingerprint density at radius 3 is 1.40 bits per heavy atom. The second kappa shape index (κ2) is 15.4. The highest BCUT2D eigenvalue weighted by Crippen LogP contribution is 2.36. The number of hydrogen-bond donors (Lipinski definition) is 1. The largest absolute Gasteiger partial charge is 0.746 e. The number of nitrogens with zero attached hydrogens (tertiary/aromatic N) is 3. The van der Waals surface area contributed by atoms with E-state index < -0.39 is 31.0 Å². The van der Waals surface area contributed by atoms with Crippen LogP contribution in [-0.2, 0) is 20.2 Å². The minimum Gasteiger partial charge on any atom is -0.746 e. The highest BCUT2D eigenvalue weighted by Gasteiger charge is 2.31. The van der Waals surface area contributed by atoms with Crippen molar-refractivity contribution in [2.45, 2.75) is 24.6 Å². The first-order chi connectivity index (χ1) is 23.8. The molecule has 5 rings (SSSR count). The zero-order valence-corrected chi connectivity index (χ0v) is 30.1. The van der Waals surface area contributed by atoms with Gasteiger partial charge in [-0.2, -0.15) is 8.42 Å². The van der Waals surface area contributed by atoms with Crippen LogP contribution in [0.3, 0.4) is 0 Å². The van der Waals surface area contributed by atoms with Gasteiger partial charge in [-0.25, -0.2) is 13.0 Å². The van der Waals surface area contributed by atoms with Gasteiger partial charge in [-0.1, -0.05) is 84.9 Å². The van der Waals surface area contributed by atoms with Crippen LogP contribution in [0, 0.1) is 0 Å². The Balaban J connectivity index is 1.58. The first-order valence-electron chi connectivity index (χ1n) is 16.2. The smallest absolute Gasteiger partial charge is 0.290 e. The van der Waals surface area contributed by atoms with Crippen molar-refractivity contribution >= 4 is 42.9 Å². The molecule has 4 aromatic rings. The molecule has 0 saturated heterocycles. The topological polar surface area (TPSA) is 121 Å². The van der Waals surface area contributed by atoms with E-state index in [4.69, 9.17) is 0 Å². The molecule has 4 aromatic carbocycles. The summed E-state index contributed by atoms with van der Waals surface area (Å²) in [5.41, 5.74) is 6.60. The number of anilines is 2. The molecule has 0 saturated carbocycles. The van der Waals surface area contributed by atoms with Gasteiger partial charge in [0.05, 0.1) is 0 Å². The average Bonchev–Trinajstić information content (AvgIpc) is 3.10. The molecule has 1 aliphatic carbocycles. The SMILES string of the molecule is CCN(c1ccc(C(=C2C=CC(=[N+](C)C)C=C2)c2ccc(N(CC)C(c3ccccc3)S(=O)(=O)O)cc2)cc1)C(c1ccccc1)S(=O)(=O)[O-]. The van der Waals surface area contributed by atoms with Crippen molar-refractivity contribution in [2.24, 2.45) is 0 Å². The summed E-state index contributed by atoms with van der Waals surface area (Å²) in [6.45, 7) is 4.25. The van der Waals surface area contributed by atoms with Crippen LogP contribution in [0.15, 0.2) is 139 Å². The summed E-state index contributed by atoms with van der Waals surface area (Å²) in [5.74, 6) is 0. The summed E-state index contributed by atoms with van der Waals surface area (Å²) in [6, 6.07) is 32.0. The lowest BCUT2D eigenvalue weighted by Crippen LogP contribution is -2.34. The fraction of sp³-hybridized carbons (Fsp3) is 0.205. The highest BCUT2D eigenvalue weighted by atomic mass is 32.2. The molecule has 0 spiro atoms. The summed E-state index contributed by atoms with van der Waals surface area (Å²) < 4.78 is 75.2. The van der Waals surface area contributed by atoms with Gasteiger partial charge in [-0.05, 0) is 83.7 Å². The van der Waals surface area contributed by atoms with Crippen LogP contribution in [0.4, 0.5) is 11.4 Å². The van der Waals surface area contributed by atoms with Crippen molar-refractivity contribution in [3.8, 4) is 0 Å². The Morgan fingerprint density at radius 2 is 1.04 bits per heavy atom. The molecule has 2 unspecified atom stereocenters. The zero-order chi connectivity index (χ0) is 36.1. The summed E-state index contributed by atoms with van der Waals surface area (Å²) in [6.07, 6.45) is 8.11. The van der Waals surface area contributed by atoms with E-state index >= 15 is 0 Å². The van der Waals surface area contributed by atoms with E-state index in [2.05, 4.69) is 0 Å². The van der Waals surface area contributed by atoms with Crippen molar-refractivity contribution in [3.05, 3.63) is 161 Å². The lowest BCUT2D eigenvalue weighted by molar-refractivity contribution is -0.462. The van der Waals surface area contributed by atoms with Crippen molar-refractivity contribution in [3.63, 3.8) is 0 Å². The third-order valence-corrected chi connectivity index (χ3v) is 10.8. The maximum atomic E-state index is 12.7. The quantitative estimate of drug-likeness (QED) is 0.126. The first kappa shape index (κ1) is 36.5. The highest BCUT2D eigenvalue weighted by molar-refractivity contribution is 7.86. The molecule has 11 heteroatoms. The van der Waals surface area contributed by atoms with Gasteiger partial charge < -0.3 is 14.4 Å². The average molecular weight is 712 g/mol. The van der Waals surface area contributed by atoms with E-state index in [0.717, 1.165) is 28.0 Å². The van der Waals surface area contributed by atoms with Crippen molar-refractivity contribution in [1.29, 1.82) is 0 Å². The molecule has 0 radical (unpaired) electrons. The van der Waals surface area contributed by atoms with Crippen LogP contribution in [0.1, 0.15) is 46.8 Å². The van der Waals surface area contributed by atoms with E-state index in [-0.39, 0.29) is 6.54 Å². The Hall–Kier alpha value is -4.81. The molecule has 2 atom stereocenters. The molecule has 260 valence electrons. The summed E-state index contributed by atoms with van der Waals surface area (Å²) in [4.78, 5) is 3.22. The standard InChI is InChI=1S/C39H41N3O6S2/c1-5-41(38(49(43,44)45)32-13-9-7-10-14-32)35-25-19-30(20-26-35)37(29-17-23-34(24-18-29)40(3)4)31-21-27-36(28-22-31)42(6-2)39(50(46,47)48)33-15-11-8-12-16-33/h7-28,38-39H,5-6H2,1-4H3,(H-,43,44,45,46,47,48). The minimum absolute atomic E-state index is 0.284. The Labute approximate surface area is 295 Å². The summed E-state index contributed by atoms with van der Waals surface area (Å²) in [7, 11) is -5.29. The first-order valence-corrected chi connectivity index (χ1v) is 19.2. The third kappa shape index (κ3) is 8.14. The fourth-order valence-corrected chi connectivity index (χ4v) is 8.45. The lowest BCUT2D eigenvalue weighted by atomic mass is 9.90. The van der Waals surface area contributed by atoms with Crippen LogP contribution >= 0.6 is 0 Å². The Bertz CT molecular complexity index is 1990. The number of benzene rings is 4. The zero-order valence-electron chi connectivity index (χ0n) is 28.4. The van der Waals surface area contributed by atoms with E-state index in [0.29, 0.717) is 29.0 Å². The number of rotatable bonds is 12. The monoisotopic (exact) mass is 711 g/mol. The second-order valence-corrected chi connectivity index (χ2v) is 14.9. The van der Waals surface area contributed by atoms with Crippen LogP contribution in [0.5, 0.6) is 0 Å². The van der Waals surface area contributed by atoms with Crippen LogP contribution in [-0.4, -0.2) is 63.4 Å². The van der Waals surface area contributed by atoms with Gasteiger partial charge in [0.1, 0.15) is 29.6 Å². The maximum Gasteiger partial charge on any atom is 0.290 e. The van der Waals surface area contributed by atoms with Crippen molar-refractivity contribution in [1.82, 2.24) is 0 Å². The molecule has 0 bridgehead atoms. The summed E-state index contributed by atoms with van der Waals surface area (Å²) in [5, 5.41) is -2.67. The second-order valence-electron chi connectivity index (χ2n) is 12.0. The molecule has 0 heterocycles. The van der Waals surface area contributed by atoms with Crippen molar-refractivity contribution in [2.75, 3.05) is 37.0 Å². The number of hydrogen-bond acceptors (Lipinski definition) is 7. The molecular formula is C39H41N3O6S2. The molecule has 0 aliphatic heterocycles. The minimum atomic E-state index is -4.74. The fourth-order valence-electron chi connectivity index (χ4n) is 6.28. The van der Waals surface area contributed by atoms with Gasteiger partial charge in [0, 0.05) is 36.6 Å². The van der Waals surface area contributed by atoms with E-state index in [9.17, 15) is 25.9 Å². The van der Waals surface area contributed by atoms with Gasteiger partial charge >= 0.3 is 0 Å². The van der Waals surface area contributed by atoms with Gasteiger partial charge in [0.15, 0.2) is 11.1 Å². The molecule has 0 fully saturated rings. The Morgan fingerprint density at radius 1 is 0.640 bits per heavy atom. The predicted octanol–water partition coefficient (Wildman–Crippen LogP) is 6.81. The van der Waals surface area contributed by atoms with E-state index in [1.807, 2.05) is 105 Å². The van der Waals surface area contributed by atoms with Crippen LogP contribution in [0.2, 0.25) is 0 Å². The molecule has 0 amide bonds. The maximum absolute atomic E-state index is 12.7. The normalized spacial score (nSPS) is 14.3. The van der Waals surface area contributed by atoms with E-state index in [1.54, 1.807) is 70.5 Å². The molecule has 1 N–H and O–H groups in total. The lowest BCUT2D eigenvalue weighted by Gasteiger charge is -2.34. The van der Waals surface area contributed by atoms with Gasteiger partial charge in [0.2, 0.25) is 0 Å². The molecule has 50 heavy (non-hydrogen) atoms. The molecule has 9 nitrogen and oxygen atoms in total. The summed E-state index contributed by atoms with van der Waals surface area (Å²) >= 11 is 0. The van der Waals surface area contributed by atoms with Crippen LogP contribution in [0.25, 0.3) is 5.57 Å². The molecule has 1 aliphatic rings. The molecule has 0 aromatic heterocycles. The third-order valence-electron chi connectivity index (χ3n) is 8.62. The van der Waals surface area contributed by atoms with Crippen molar-refractivity contribution < 1.29 is 30.5 Å². The van der Waals surface area contributed by atoms with Crippen LogP contribution < -0.4 is 9.80 Å². The predicted molar refractivity (Wildman–Crippen MR) is 200 cm³/mol. The Kier molecular flexibility index (Phi) is 11.2. The van der Waals surface area contributed by atoms with Gasteiger partial charge in [0.25, 0.3) is 10.1 Å². The number of allylic oxidation sites excluding steroid dienone is 5. The van der Waals surface area contributed by atoms with Gasteiger partial charge in [-0.15, -0.1) is 0 Å². The van der Waals surface area contributed by atoms with E-state index in [1.165, 1.54) is 0 Å². The molecular weight excluding hydrogens is 671 g/mol.